The average molecular weight is 480 g/mol. The van der Waals surface area contributed by atoms with Crippen LogP contribution in [0.4, 0.5) is 4.79 Å². The van der Waals surface area contributed by atoms with E-state index in [0.717, 1.165) is 30.4 Å². The third kappa shape index (κ3) is 6.92. The molecule has 0 spiro atoms. The summed E-state index contributed by atoms with van der Waals surface area (Å²) >= 11 is 0. The summed E-state index contributed by atoms with van der Waals surface area (Å²) in [5.41, 5.74) is 0.412. The van der Waals surface area contributed by atoms with Crippen LogP contribution >= 0.6 is 0 Å². The fourth-order valence-corrected chi connectivity index (χ4v) is 4.18. The van der Waals surface area contributed by atoms with Crippen molar-refractivity contribution >= 4 is 12.0 Å². The van der Waals surface area contributed by atoms with Gasteiger partial charge in [0.15, 0.2) is 0 Å². The highest BCUT2D eigenvalue weighted by atomic mass is 16.6. The van der Waals surface area contributed by atoms with Crippen LogP contribution in [0.3, 0.4) is 0 Å². The highest BCUT2D eigenvalue weighted by Gasteiger charge is 2.42. The molecule has 2 amide bonds. The molecule has 9 nitrogen and oxygen atoms in total. The minimum absolute atomic E-state index is 0.185. The quantitative estimate of drug-likeness (QED) is 0.655. The second-order valence-corrected chi connectivity index (χ2v) is 10.0. The first-order valence-electron chi connectivity index (χ1n) is 11.9. The molecule has 1 saturated carbocycles. The molecule has 1 atom stereocenters. The van der Waals surface area contributed by atoms with Gasteiger partial charge in [-0.05, 0) is 39.2 Å². The summed E-state index contributed by atoms with van der Waals surface area (Å²) in [6.07, 6.45) is 6.21. The minimum Gasteiger partial charge on any atom is -0.444 e. The van der Waals surface area contributed by atoms with Gasteiger partial charge in [-0.1, -0.05) is 43.5 Å². The number of hydrogen-bond donors (Lipinski definition) is 2. The Labute approximate surface area is 205 Å². The van der Waals surface area contributed by atoms with Gasteiger partial charge in [-0.25, -0.2) is 9.78 Å². The maximum absolute atomic E-state index is 13.3. The molecule has 186 valence electrons. The van der Waals surface area contributed by atoms with Gasteiger partial charge in [-0.2, -0.15) is 5.26 Å². The zero-order chi connectivity index (χ0) is 25.6. The topological polar surface area (TPSA) is 126 Å². The van der Waals surface area contributed by atoms with Crippen LogP contribution in [0.15, 0.2) is 41.5 Å². The van der Waals surface area contributed by atoms with E-state index in [0.29, 0.717) is 25.0 Å². The van der Waals surface area contributed by atoms with Crippen LogP contribution in [-0.4, -0.2) is 38.7 Å². The van der Waals surface area contributed by atoms with Crippen LogP contribution in [0.5, 0.6) is 0 Å². The predicted octanol–water partition coefficient (Wildman–Crippen LogP) is 3.23. The van der Waals surface area contributed by atoms with Gasteiger partial charge in [0.25, 0.3) is 5.56 Å². The van der Waals surface area contributed by atoms with Crippen LogP contribution < -0.4 is 16.2 Å². The summed E-state index contributed by atoms with van der Waals surface area (Å²) in [5.74, 6) is -0.361. The van der Waals surface area contributed by atoms with Crippen LogP contribution in [0.25, 0.3) is 11.3 Å². The standard InChI is InChI=1S/C26H33N5O4/c1-25(2,3)35-24(34)30-26(12-6-5-7-13-26)23(33)29-20(15-27)14-18-8-10-19(11-9-18)21-17-31(4)22(32)16-28-21/h8-11,16-17,20H,5-7,12-14H2,1-4H3,(H,29,33)(H,30,34). The Morgan fingerprint density at radius 3 is 2.43 bits per heavy atom. The first kappa shape index (κ1) is 25.9. The van der Waals surface area contributed by atoms with Crippen LogP contribution in [0, 0.1) is 11.3 Å². The molecule has 1 aromatic heterocycles. The van der Waals surface area contributed by atoms with Gasteiger partial charge < -0.3 is 19.9 Å². The summed E-state index contributed by atoms with van der Waals surface area (Å²) in [4.78, 5) is 41.5. The van der Waals surface area contributed by atoms with Crippen molar-refractivity contribution in [2.45, 2.75) is 76.5 Å². The number of carbonyl (C=O) groups excluding carboxylic acids is 2. The van der Waals surface area contributed by atoms with Crippen LogP contribution in [0.1, 0.15) is 58.4 Å². The second kappa shape index (κ2) is 10.7. The van der Waals surface area contributed by atoms with Crippen molar-refractivity contribution in [3.63, 3.8) is 0 Å². The molecule has 2 aromatic rings. The van der Waals surface area contributed by atoms with E-state index in [2.05, 4.69) is 21.7 Å². The van der Waals surface area contributed by atoms with E-state index in [-0.39, 0.29) is 11.5 Å². The molecule has 1 fully saturated rings. The molecule has 9 heteroatoms. The van der Waals surface area contributed by atoms with E-state index < -0.39 is 23.3 Å². The van der Waals surface area contributed by atoms with Gasteiger partial charge in [0.2, 0.25) is 5.91 Å². The summed E-state index contributed by atoms with van der Waals surface area (Å²) in [5, 5.41) is 15.4. The van der Waals surface area contributed by atoms with E-state index in [9.17, 15) is 19.6 Å². The number of nitriles is 1. The van der Waals surface area contributed by atoms with E-state index in [1.807, 2.05) is 24.3 Å². The molecule has 1 unspecified atom stereocenters. The number of benzene rings is 1. The number of hydrogen-bond acceptors (Lipinski definition) is 6. The number of alkyl carbamates (subject to hydrolysis) is 1. The smallest absolute Gasteiger partial charge is 0.408 e. The Morgan fingerprint density at radius 2 is 1.86 bits per heavy atom. The van der Waals surface area contributed by atoms with E-state index in [1.165, 1.54) is 10.8 Å². The Bertz CT molecular complexity index is 1150. The van der Waals surface area contributed by atoms with E-state index >= 15 is 0 Å². The highest BCUT2D eigenvalue weighted by Crippen LogP contribution is 2.29. The van der Waals surface area contributed by atoms with Gasteiger partial charge in [0.1, 0.15) is 17.2 Å². The lowest BCUT2D eigenvalue weighted by atomic mass is 9.80. The van der Waals surface area contributed by atoms with Crippen molar-refractivity contribution in [2.24, 2.45) is 7.05 Å². The number of nitrogens with zero attached hydrogens (tertiary/aromatic N) is 3. The Morgan fingerprint density at radius 1 is 1.20 bits per heavy atom. The van der Waals surface area contributed by atoms with E-state index in [4.69, 9.17) is 4.74 Å². The maximum Gasteiger partial charge on any atom is 0.408 e. The summed E-state index contributed by atoms with van der Waals surface area (Å²) < 4.78 is 6.85. The van der Waals surface area contributed by atoms with Crippen LogP contribution in [0.2, 0.25) is 0 Å². The Hall–Kier alpha value is -3.67. The van der Waals surface area contributed by atoms with Gasteiger partial charge in [0, 0.05) is 25.2 Å². The number of amides is 2. The molecule has 35 heavy (non-hydrogen) atoms. The minimum atomic E-state index is -1.09. The van der Waals surface area contributed by atoms with E-state index in [1.54, 1.807) is 34.0 Å². The fourth-order valence-electron chi connectivity index (χ4n) is 4.18. The zero-order valence-corrected chi connectivity index (χ0v) is 20.8. The normalized spacial score (nSPS) is 16.0. The summed E-state index contributed by atoms with van der Waals surface area (Å²) in [6.45, 7) is 5.31. The number of ether oxygens (including phenoxy) is 1. The number of aromatic nitrogens is 2. The summed E-state index contributed by atoms with van der Waals surface area (Å²) in [7, 11) is 1.67. The fraction of sp³-hybridized carbons (Fsp3) is 0.500. The SMILES string of the molecule is Cn1cc(-c2ccc(CC(C#N)NC(=O)C3(NC(=O)OC(C)(C)C)CCCCC3)cc2)ncc1=O. The third-order valence-electron chi connectivity index (χ3n) is 6.01. The molecule has 0 bridgehead atoms. The van der Waals surface area contributed by atoms with Crippen molar-refractivity contribution in [1.29, 1.82) is 5.26 Å². The lowest BCUT2D eigenvalue weighted by molar-refractivity contribution is -0.129. The number of carbonyl (C=O) groups is 2. The molecule has 3 rings (SSSR count). The van der Waals surface area contributed by atoms with Crippen molar-refractivity contribution in [1.82, 2.24) is 20.2 Å². The van der Waals surface area contributed by atoms with Gasteiger partial charge >= 0.3 is 6.09 Å². The number of aryl methyl sites for hydroxylation is 1. The van der Waals surface area contributed by atoms with Gasteiger partial charge in [-0.3, -0.25) is 9.59 Å². The van der Waals surface area contributed by atoms with Crippen molar-refractivity contribution in [2.75, 3.05) is 0 Å². The average Bonchev–Trinajstić information content (AvgIpc) is 2.80. The number of rotatable bonds is 6. The molecule has 2 N–H and O–H groups in total. The van der Waals surface area contributed by atoms with Crippen LogP contribution in [-0.2, 0) is 23.0 Å². The lowest BCUT2D eigenvalue weighted by Crippen LogP contribution is -2.61. The molecule has 0 saturated heterocycles. The molecule has 0 radical (unpaired) electrons. The van der Waals surface area contributed by atoms with Crippen molar-refractivity contribution in [3.05, 3.63) is 52.6 Å². The van der Waals surface area contributed by atoms with Crippen molar-refractivity contribution < 1.29 is 14.3 Å². The number of nitrogens with one attached hydrogen (secondary N) is 2. The highest BCUT2D eigenvalue weighted by molar-refractivity contribution is 5.90. The Balaban J connectivity index is 1.69. The first-order chi connectivity index (χ1) is 16.5. The molecule has 1 aromatic carbocycles. The summed E-state index contributed by atoms with van der Waals surface area (Å²) in [6, 6.07) is 8.87. The maximum atomic E-state index is 13.3. The molecular weight excluding hydrogens is 446 g/mol. The molecule has 0 aliphatic heterocycles. The lowest BCUT2D eigenvalue weighted by Gasteiger charge is -2.37. The van der Waals surface area contributed by atoms with Gasteiger partial charge in [0.05, 0.1) is 18.0 Å². The second-order valence-electron chi connectivity index (χ2n) is 10.0. The molecule has 1 aliphatic carbocycles. The first-order valence-corrected chi connectivity index (χ1v) is 11.9. The van der Waals surface area contributed by atoms with Crippen molar-refractivity contribution in [3.8, 4) is 17.3 Å². The molecule has 1 heterocycles. The third-order valence-corrected chi connectivity index (χ3v) is 6.01. The monoisotopic (exact) mass is 479 g/mol. The molecular formula is C26H33N5O4. The van der Waals surface area contributed by atoms with Gasteiger partial charge in [-0.15, -0.1) is 0 Å². The Kier molecular flexibility index (Phi) is 7.95. The predicted molar refractivity (Wildman–Crippen MR) is 131 cm³/mol. The zero-order valence-electron chi connectivity index (χ0n) is 20.8. The molecule has 1 aliphatic rings. The largest absolute Gasteiger partial charge is 0.444 e.